The van der Waals surface area contributed by atoms with Crippen LogP contribution in [-0.2, 0) is 14.8 Å². The monoisotopic (exact) mass is 309 g/mol. The molecular formula is C14H12ClNO3S. The molecule has 6 heteroatoms. The summed E-state index contributed by atoms with van der Waals surface area (Å²) in [6.07, 6.45) is 2.86. The van der Waals surface area contributed by atoms with Gasteiger partial charge in [0, 0.05) is 5.02 Å². The molecule has 0 radical (unpaired) electrons. The second-order valence-electron chi connectivity index (χ2n) is 4.42. The van der Waals surface area contributed by atoms with Crippen LogP contribution in [0, 0.1) is 0 Å². The first-order valence-corrected chi connectivity index (χ1v) is 7.63. The number of halogens is 1. The smallest absolute Gasteiger partial charge is 0.282 e. The highest BCUT2D eigenvalue weighted by atomic mass is 35.5. The quantitative estimate of drug-likeness (QED) is 0.789. The molecule has 1 aromatic rings. The van der Waals surface area contributed by atoms with E-state index in [2.05, 4.69) is 4.40 Å². The van der Waals surface area contributed by atoms with Crippen molar-refractivity contribution in [1.82, 2.24) is 0 Å². The Morgan fingerprint density at radius 3 is 2.20 bits per heavy atom. The molecule has 1 aromatic carbocycles. The van der Waals surface area contributed by atoms with Gasteiger partial charge in [0.1, 0.15) is 0 Å². The van der Waals surface area contributed by atoms with E-state index in [9.17, 15) is 13.2 Å². The standard InChI is InChI=1S/C14H12ClNO3S/c1-9-8-14(17)10(2)7-13(9)16-20(18,19)12-5-3-11(15)4-6-12/h3-8H,1-2H3/b16-13-. The van der Waals surface area contributed by atoms with Gasteiger partial charge in [0.25, 0.3) is 10.0 Å². The van der Waals surface area contributed by atoms with Gasteiger partial charge in [-0.1, -0.05) is 11.6 Å². The van der Waals surface area contributed by atoms with E-state index in [0.717, 1.165) is 0 Å². The molecule has 2 rings (SSSR count). The van der Waals surface area contributed by atoms with Gasteiger partial charge >= 0.3 is 0 Å². The summed E-state index contributed by atoms with van der Waals surface area (Å²) >= 11 is 5.73. The number of rotatable bonds is 2. The van der Waals surface area contributed by atoms with Crippen LogP contribution < -0.4 is 0 Å². The van der Waals surface area contributed by atoms with Gasteiger partial charge in [-0.05, 0) is 61.4 Å². The number of carbonyl (C=O) groups is 1. The van der Waals surface area contributed by atoms with Gasteiger partial charge in [0.15, 0.2) is 5.78 Å². The molecule has 0 saturated carbocycles. The zero-order chi connectivity index (χ0) is 14.9. The summed E-state index contributed by atoms with van der Waals surface area (Å²) in [6, 6.07) is 5.77. The SMILES string of the molecule is CC1=C/C(=N/S(=O)(=O)c2ccc(Cl)cc2)C(C)=CC1=O. The van der Waals surface area contributed by atoms with E-state index in [4.69, 9.17) is 11.6 Å². The van der Waals surface area contributed by atoms with Crippen LogP contribution >= 0.6 is 11.6 Å². The van der Waals surface area contributed by atoms with Crippen molar-refractivity contribution in [1.29, 1.82) is 0 Å². The maximum atomic E-state index is 12.2. The zero-order valence-electron chi connectivity index (χ0n) is 10.9. The van der Waals surface area contributed by atoms with Gasteiger partial charge in [-0.25, -0.2) is 0 Å². The molecule has 1 aliphatic carbocycles. The lowest BCUT2D eigenvalue weighted by Crippen LogP contribution is -2.12. The fraction of sp³-hybridized carbons (Fsp3) is 0.143. The van der Waals surface area contributed by atoms with Crippen LogP contribution in [0.4, 0.5) is 0 Å². The molecule has 1 aliphatic rings. The molecule has 0 saturated heterocycles. The Labute approximate surface area is 122 Å². The molecule has 4 nitrogen and oxygen atoms in total. The normalized spacial score (nSPS) is 17.9. The van der Waals surface area contributed by atoms with E-state index >= 15 is 0 Å². The van der Waals surface area contributed by atoms with E-state index < -0.39 is 10.0 Å². The Morgan fingerprint density at radius 2 is 1.60 bits per heavy atom. The first-order chi connectivity index (χ1) is 9.29. The molecule has 0 amide bonds. The Kier molecular flexibility index (Phi) is 3.92. The van der Waals surface area contributed by atoms with Crippen LogP contribution in [0.1, 0.15) is 13.8 Å². The third-order valence-corrected chi connectivity index (χ3v) is 4.38. The molecule has 0 aliphatic heterocycles. The van der Waals surface area contributed by atoms with Crippen molar-refractivity contribution >= 4 is 33.1 Å². The van der Waals surface area contributed by atoms with Crippen LogP contribution in [0.3, 0.4) is 0 Å². The number of allylic oxidation sites excluding steroid dienone is 4. The minimum atomic E-state index is -3.82. The van der Waals surface area contributed by atoms with Crippen molar-refractivity contribution in [2.45, 2.75) is 18.7 Å². The van der Waals surface area contributed by atoms with E-state index in [1.54, 1.807) is 13.8 Å². The third-order valence-electron chi connectivity index (χ3n) is 2.82. The highest BCUT2D eigenvalue weighted by Crippen LogP contribution is 2.19. The second kappa shape index (κ2) is 5.34. The van der Waals surface area contributed by atoms with E-state index in [1.165, 1.54) is 36.4 Å². The molecule has 0 fully saturated rings. The van der Waals surface area contributed by atoms with Crippen molar-refractivity contribution in [2.75, 3.05) is 0 Å². The van der Waals surface area contributed by atoms with E-state index in [1.807, 2.05) is 0 Å². The highest BCUT2D eigenvalue weighted by molar-refractivity contribution is 7.90. The summed E-state index contributed by atoms with van der Waals surface area (Å²) in [6.45, 7) is 3.27. The van der Waals surface area contributed by atoms with Crippen LogP contribution in [0.5, 0.6) is 0 Å². The van der Waals surface area contributed by atoms with Crippen molar-refractivity contribution in [3.63, 3.8) is 0 Å². The van der Waals surface area contributed by atoms with Crippen LogP contribution in [0.15, 0.2) is 56.9 Å². The minimum Gasteiger partial charge on any atom is -0.290 e. The van der Waals surface area contributed by atoms with Gasteiger partial charge in [-0.3, -0.25) is 4.79 Å². The highest BCUT2D eigenvalue weighted by Gasteiger charge is 2.18. The number of hydrogen-bond donors (Lipinski definition) is 0. The van der Waals surface area contributed by atoms with Crippen LogP contribution in [0.25, 0.3) is 0 Å². The molecule has 0 aromatic heterocycles. The Morgan fingerprint density at radius 1 is 1.00 bits per heavy atom. The Bertz CT molecular complexity index is 756. The predicted molar refractivity (Wildman–Crippen MR) is 78.6 cm³/mol. The Balaban J connectivity index is 2.46. The average Bonchev–Trinajstić information content (AvgIpc) is 2.36. The molecule has 0 unspecified atom stereocenters. The number of hydrogen-bond acceptors (Lipinski definition) is 3. The lowest BCUT2D eigenvalue weighted by Gasteiger charge is -2.09. The molecule has 104 valence electrons. The van der Waals surface area contributed by atoms with Crippen LogP contribution in [0.2, 0.25) is 5.02 Å². The molecule has 0 N–H and O–H groups in total. The molecule has 0 atom stereocenters. The van der Waals surface area contributed by atoms with E-state index in [-0.39, 0.29) is 16.4 Å². The Hall–Kier alpha value is -1.72. The van der Waals surface area contributed by atoms with Crippen molar-refractivity contribution < 1.29 is 13.2 Å². The number of carbonyl (C=O) groups excluding carboxylic acids is 1. The van der Waals surface area contributed by atoms with Crippen molar-refractivity contribution in [3.8, 4) is 0 Å². The molecular weight excluding hydrogens is 298 g/mol. The van der Waals surface area contributed by atoms with Crippen LogP contribution in [-0.4, -0.2) is 19.9 Å². The molecule has 0 heterocycles. The topological polar surface area (TPSA) is 63.6 Å². The molecule has 0 bridgehead atoms. The number of benzene rings is 1. The van der Waals surface area contributed by atoms with Gasteiger partial charge in [-0.15, -0.1) is 0 Å². The molecule has 0 spiro atoms. The van der Waals surface area contributed by atoms with Crippen molar-refractivity contribution in [3.05, 3.63) is 52.6 Å². The lowest BCUT2D eigenvalue weighted by molar-refractivity contribution is -0.111. The minimum absolute atomic E-state index is 0.0603. The maximum absolute atomic E-state index is 12.2. The zero-order valence-corrected chi connectivity index (χ0v) is 12.5. The summed E-state index contributed by atoms with van der Waals surface area (Å²) in [5.41, 5.74) is 1.26. The number of sulfonamides is 1. The fourth-order valence-corrected chi connectivity index (χ4v) is 2.83. The average molecular weight is 310 g/mol. The molecule has 20 heavy (non-hydrogen) atoms. The predicted octanol–water partition coefficient (Wildman–Crippen LogP) is 2.95. The summed E-state index contributed by atoms with van der Waals surface area (Å²) in [5, 5.41) is 0.451. The van der Waals surface area contributed by atoms with Gasteiger partial charge in [0.2, 0.25) is 0 Å². The fourth-order valence-electron chi connectivity index (χ4n) is 1.66. The van der Waals surface area contributed by atoms with Crippen molar-refractivity contribution in [2.24, 2.45) is 4.40 Å². The maximum Gasteiger partial charge on any atom is 0.282 e. The number of nitrogens with zero attached hydrogens (tertiary/aromatic N) is 1. The third kappa shape index (κ3) is 3.05. The second-order valence-corrected chi connectivity index (χ2v) is 6.47. The summed E-state index contributed by atoms with van der Waals surface area (Å²) in [7, 11) is -3.82. The summed E-state index contributed by atoms with van der Waals surface area (Å²) in [4.78, 5) is 11.5. The van der Waals surface area contributed by atoms with Gasteiger partial charge in [-0.2, -0.15) is 12.8 Å². The van der Waals surface area contributed by atoms with Gasteiger partial charge in [0.05, 0.1) is 10.6 Å². The number of ketones is 1. The lowest BCUT2D eigenvalue weighted by atomic mass is 9.99. The first-order valence-electron chi connectivity index (χ1n) is 5.81. The summed E-state index contributed by atoms with van der Waals surface area (Å²) in [5.74, 6) is -0.134. The first kappa shape index (κ1) is 14.7. The largest absolute Gasteiger partial charge is 0.290 e. The van der Waals surface area contributed by atoms with Gasteiger partial charge < -0.3 is 0 Å². The summed E-state index contributed by atoms with van der Waals surface area (Å²) < 4.78 is 28.1. The van der Waals surface area contributed by atoms with E-state index in [0.29, 0.717) is 16.2 Å².